The minimum absolute atomic E-state index is 0.226. The maximum absolute atomic E-state index is 9.50. The molecule has 3 nitrogen and oxygen atoms in total. The molecule has 0 unspecified atom stereocenters. The predicted octanol–water partition coefficient (Wildman–Crippen LogP) is 2.24. The van der Waals surface area contributed by atoms with Gasteiger partial charge >= 0.3 is 0 Å². The van der Waals surface area contributed by atoms with Crippen LogP contribution in [0.25, 0.3) is 5.69 Å². The lowest BCUT2D eigenvalue weighted by atomic mass is 10.3. The molecule has 2 N–H and O–H groups in total. The van der Waals surface area contributed by atoms with Crippen molar-refractivity contribution in [2.24, 2.45) is 0 Å². The van der Waals surface area contributed by atoms with Crippen molar-refractivity contribution in [3.05, 3.63) is 41.2 Å². The van der Waals surface area contributed by atoms with E-state index < -0.39 is 0 Å². The van der Waals surface area contributed by atoms with E-state index in [1.165, 1.54) is 0 Å². The number of hydrogen-bond donors (Lipinski definition) is 2. The van der Waals surface area contributed by atoms with E-state index in [0.29, 0.717) is 10.3 Å². The van der Waals surface area contributed by atoms with Crippen molar-refractivity contribution in [3.8, 4) is 11.4 Å². The number of rotatable bonds is 1. The summed E-state index contributed by atoms with van der Waals surface area (Å²) in [5.74, 6) is 0.226. The minimum atomic E-state index is 0.226. The first-order valence-corrected chi connectivity index (χ1v) is 4.24. The summed E-state index contributed by atoms with van der Waals surface area (Å²) >= 11 is 4.92. The van der Waals surface area contributed by atoms with Gasteiger partial charge in [0.25, 0.3) is 0 Å². The first-order valence-electron chi connectivity index (χ1n) is 3.83. The topological polar surface area (TPSA) is 41.0 Å². The van der Waals surface area contributed by atoms with Crippen LogP contribution in [0, 0.1) is 4.64 Å². The first kappa shape index (κ1) is 8.07. The lowest BCUT2D eigenvalue weighted by molar-refractivity contribution is 0.470. The number of aromatic amines is 1. The molecular weight excluding hydrogens is 184 g/mol. The molecule has 0 spiro atoms. The number of nitrogens with one attached hydrogen (secondary N) is 1. The van der Waals surface area contributed by atoms with Crippen LogP contribution in [0.1, 0.15) is 0 Å². The Bertz CT molecular complexity index is 472. The number of phenolic OH excluding ortho intramolecular Hbond substituents is 1. The van der Waals surface area contributed by atoms with Gasteiger partial charge in [-0.1, -0.05) is 24.4 Å². The molecule has 1 heterocycles. The van der Waals surface area contributed by atoms with Crippen molar-refractivity contribution in [3.63, 3.8) is 0 Å². The standard InChI is InChI=1S/C9H8N2OS/c12-8-4-2-1-3-7(8)11-6-5-9(13)10-11/h1-6,12H,(H,10,13). The number of benzene rings is 1. The Morgan fingerprint density at radius 2 is 2.00 bits per heavy atom. The maximum Gasteiger partial charge on any atom is 0.141 e. The van der Waals surface area contributed by atoms with E-state index in [0.717, 1.165) is 0 Å². The third kappa shape index (κ3) is 1.48. The lowest BCUT2D eigenvalue weighted by Crippen LogP contribution is -1.93. The molecule has 0 saturated carbocycles. The van der Waals surface area contributed by atoms with Gasteiger partial charge in [0.15, 0.2) is 0 Å². The number of aromatic nitrogens is 2. The highest BCUT2D eigenvalue weighted by Gasteiger charge is 2.00. The van der Waals surface area contributed by atoms with Crippen LogP contribution in [0.4, 0.5) is 0 Å². The van der Waals surface area contributed by atoms with Gasteiger partial charge in [-0.05, 0) is 18.2 Å². The van der Waals surface area contributed by atoms with Crippen LogP contribution in [-0.4, -0.2) is 14.9 Å². The smallest absolute Gasteiger partial charge is 0.141 e. The van der Waals surface area contributed by atoms with Crippen molar-refractivity contribution in [1.29, 1.82) is 0 Å². The molecule has 1 aromatic heterocycles. The molecule has 66 valence electrons. The second kappa shape index (κ2) is 3.06. The molecule has 2 rings (SSSR count). The van der Waals surface area contributed by atoms with Gasteiger partial charge in [0.05, 0.1) is 0 Å². The zero-order valence-corrected chi connectivity index (χ0v) is 7.58. The Hall–Kier alpha value is -1.55. The van der Waals surface area contributed by atoms with Crippen LogP contribution < -0.4 is 0 Å². The summed E-state index contributed by atoms with van der Waals surface area (Å²) in [7, 11) is 0. The molecule has 0 saturated heterocycles. The fraction of sp³-hybridized carbons (Fsp3) is 0. The van der Waals surface area contributed by atoms with E-state index in [-0.39, 0.29) is 5.75 Å². The molecular formula is C9H8N2OS. The molecule has 0 aliphatic heterocycles. The average molecular weight is 192 g/mol. The highest BCUT2D eigenvalue weighted by atomic mass is 32.1. The lowest BCUT2D eigenvalue weighted by Gasteiger charge is -2.03. The van der Waals surface area contributed by atoms with Crippen LogP contribution in [0.2, 0.25) is 0 Å². The second-order valence-electron chi connectivity index (χ2n) is 2.65. The van der Waals surface area contributed by atoms with Gasteiger partial charge < -0.3 is 5.11 Å². The second-order valence-corrected chi connectivity index (χ2v) is 3.09. The van der Waals surface area contributed by atoms with Crippen molar-refractivity contribution in [2.45, 2.75) is 0 Å². The molecule has 4 heteroatoms. The Labute approximate surface area is 80.2 Å². The predicted molar refractivity (Wildman–Crippen MR) is 52.6 cm³/mol. The third-order valence-electron chi connectivity index (χ3n) is 1.75. The third-order valence-corrected chi connectivity index (χ3v) is 1.97. The molecule has 0 fully saturated rings. The fourth-order valence-corrected chi connectivity index (χ4v) is 1.30. The van der Waals surface area contributed by atoms with E-state index in [1.807, 2.05) is 6.07 Å². The van der Waals surface area contributed by atoms with Crippen LogP contribution in [0.5, 0.6) is 5.75 Å². The van der Waals surface area contributed by atoms with Gasteiger partial charge in [0.2, 0.25) is 0 Å². The molecule has 1 aromatic carbocycles. The van der Waals surface area contributed by atoms with E-state index in [1.54, 1.807) is 35.1 Å². The zero-order valence-electron chi connectivity index (χ0n) is 6.77. The van der Waals surface area contributed by atoms with Crippen LogP contribution in [0.15, 0.2) is 36.5 Å². The summed E-state index contributed by atoms with van der Waals surface area (Å²) in [6.45, 7) is 0. The quantitative estimate of drug-likeness (QED) is 0.680. The highest BCUT2D eigenvalue weighted by Crippen LogP contribution is 2.19. The molecule has 0 atom stereocenters. The van der Waals surface area contributed by atoms with E-state index >= 15 is 0 Å². The summed E-state index contributed by atoms with van der Waals surface area (Å²) in [4.78, 5) is 0. The Balaban J connectivity index is 2.58. The van der Waals surface area contributed by atoms with E-state index in [9.17, 15) is 5.11 Å². The number of aromatic hydroxyl groups is 1. The van der Waals surface area contributed by atoms with Crippen molar-refractivity contribution in [2.75, 3.05) is 0 Å². The molecule has 0 bridgehead atoms. The van der Waals surface area contributed by atoms with E-state index in [4.69, 9.17) is 12.2 Å². The van der Waals surface area contributed by atoms with Gasteiger partial charge in [-0.3, -0.25) is 9.78 Å². The number of nitrogens with zero attached hydrogens (tertiary/aromatic N) is 1. The summed E-state index contributed by atoms with van der Waals surface area (Å²) in [6, 6.07) is 8.83. The summed E-state index contributed by atoms with van der Waals surface area (Å²) < 4.78 is 2.32. The Morgan fingerprint density at radius 3 is 2.62 bits per heavy atom. The number of H-pyrrole nitrogens is 1. The zero-order chi connectivity index (χ0) is 9.26. The molecule has 0 aliphatic carbocycles. The fourth-order valence-electron chi connectivity index (χ4n) is 1.14. The molecule has 0 amide bonds. The summed E-state index contributed by atoms with van der Waals surface area (Å²) in [5.41, 5.74) is 0.693. The first-order chi connectivity index (χ1) is 6.27. The minimum Gasteiger partial charge on any atom is -0.506 e. The van der Waals surface area contributed by atoms with Crippen molar-refractivity contribution >= 4 is 12.2 Å². The molecule has 2 aromatic rings. The summed E-state index contributed by atoms with van der Waals surface area (Å²) in [5, 5.41) is 12.4. The average Bonchev–Trinajstić information content (AvgIpc) is 2.53. The monoisotopic (exact) mass is 192 g/mol. The number of para-hydroxylation sites is 2. The number of hydrogen-bond acceptors (Lipinski definition) is 2. The van der Waals surface area contributed by atoms with Crippen LogP contribution >= 0.6 is 12.2 Å². The van der Waals surface area contributed by atoms with Crippen molar-refractivity contribution < 1.29 is 5.11 Å². The maximum atomic E-state index is 9.50. The van der Waals surface area contributed by atoms with Gasteiger partial charge in [0.1, 0.15) is 16.1 Å². The number of phenols is 1. The summed E-state index contributed by atoms with van der Waals surface area (Å²) in [6.07, 6.45) is 1.78. The molecule has 0 aliphatic rings. The highest BCUT2D eigenvalue weighted by molar-refractivity contribution is 7.71. The molecule has 13 heavy (non-hydrogen) atoms. The SMILES string of the molecule is Oc1ccccc1-n1ccc(=S)[nH]1. The Morgan fingerprint density at radius 1 is 1.23 bits per heavy atom. The van der Waals surface area contributed by atoms with Gasteiger partial charge in [0, 0.05) is 6.20 Å². The van der Waals surface area contributed by atoms with Gasteiger partial charge in [-0.2, -0.15) is 0 Å². The van der Waals surface area contributed by atoms with Crippen LogP contribution in [-0.2, 0) is 0 Å². The Kier molecular flexibility index (Phi) is 1.90. The van der Waals surface area contributed by atoms with Crippen molar-refractivity contribution in [1.82, 2.24) is 9.78 Å². The normalized spacial score (nSPS) is 10.2. The van der Waals surface area contributed by atoms with Crippen LogP contribution in [0.3, 0.4) is 0 Å². The molecule has 0 radical (unpaired) electrons. The van der Waals surface area contributed by atoms with Gasteiger partial charge in [-0.15, -0.1) is 0 Å². The largest absolute Gasteiger partial charge is 0.506 e. The van der Waals surface area contributed by atoms with Gasteiger partial charge in [-0.25, -0.2) is 0 Å². The van der Waals surface area contributed by atoms with E-state index in [2.05, 4.69) is 5.10 Å².